The summed E-state index contributed by atoms with van der Waals surface area (Å²) in [5.74, 6) is 1.73. The van der Waals surface area contributed by atoms with Gasteiger partial charge in [0.2, 0.25) is 0 Å². The van der Waals surface area contributed by atoms with E-state index in [0.29, 0.717) is 6.61 Å². The van der Waals surface area contributed by atoms with Crippen LogP contribution in [0.3, 0.4) is 0 Å². The molecule has 0 aliphatic carbocycles. The maximum atomic E-state index is 6.38. The van der Waals surface area contributed by atoms with Gasteiger partial charge in [0.05, 0.1) is 6.61 Å². The minimum Gasteiger partial charge on any atom is -0.494 e. The van der Waals surface area contributed by atoms with E-state index in [1.807, 2.05) is 25.1 Å². The highest BCUT2D eigenvalue weighted by molar-refractivity contribution is 5.35. The first-order valence-electron chi connectivity index (χ1n) is 7.40. The van der Waals surface area contributed by atoms with E-state index in [1.54, 1.807) is 0 Å². The van der Waals surface area contributed by atoms with Gasteiger partial charge in [-0.1, -0.05) is 25.1 Å². The van der Waals surface area contributed by atoms with Gasteiger partial charge in [0.25, 0.3) is 0 Å². The van der Waals surface area contributed by atoms with Gasteiger partial charge in [0.15, 0.2) is 0 Å². The number of hydrogen-bond acceptors (Lipinski definition) is 3. The molecule has 2 N–H and O–H groups in total. The highest BCUT2D eigenvalue weighted by atomic mass is 16.5. The lowest BCUT2D eigenvalue weighted by molar-refractivity contribution is 0.174. The summed E-state index contributed by atoms with van der Waals surface area (Å²) < 4.78 is 5.67. The molecule has 1 aromatic rings. The zero-order chi connectivity index (χ0) is 13.7. The van der Waals surface area contributed by atoms with E-state index in [4.69, 9.17) is 10.5 Å². The molecule has 3 nitrogen and oxygen atoms in total. The molecule has 1 fully saturated rings. The number of rotatable bonds is 5. The third-order valence-corrected chi connectivity index (χ3v) is 3.81. The molecular formula is C16H26N2O. The largest absolute Gasteiger partial charge is 0.494 e. The number of para-hydroxylation sites is 1. The van der Waals surface area contributed by atoms with Gasteiger partial charge >= 0.3 is 0 Å². The lowest BCUT2D eigenvalue weighted by Gasteiger charge is -2.33. The van der Waals surface area contributed by atoms with Gasteiger partial charge < -0.3 is 15.4 Å². The maximum Gasteiger partial charge on any atom is 0.124 e. The fraction of sp³-hybridized carbons (Fsp3) is 0.625. The Kier molecular flexibility index (Phi) is 5.23. The summed E-state index contributed by atoms with van der Waals surface area (Å²) >= 11 is 0. The van der Waals surface area contributed by atoms with Crippen molar-refractivity contribution in [2.75, 3.05) is 26.2 Å². The smallest absolute Gasteiger partial charge is 0.124 e. The molecule has 0 radical (unpaired) electrons. The molecule has 19 heavy (non-hydrogen) atoms. The second-order valence-electron chi connectivity index (χ2n) is 5.58. The van der Waals surface area contributed by atoms with E-state index in [0.717, 1.165) is 23.8 Å². The molecule has 0 saturated carbocycles. The number of ether oxygens (including phenoxy) is 1. The molecule has 0 aromatic heterocycles. The van der Waals surface area contributed by atoms with Crippen molar-refractivity contribution in [3.05, 3.63) is 29.8 Å². The highest BCUT2D eigenvalue weighted by Gasteiger charge is 2.20. The summed E-state index contributed by atoms with van der Waals surface area (Å²) in [4.78, 5) is 2.49. The van der Waals surface area contributed by atoms with E-state index in [2.05, 4.69) is 17.9 Å². The Bertz CT molecular complexity index is 394. The summed E-state index contributed by atoms with van der Waals surface area (Å²) in [5.41, 5.74) is 7.51. The average molecular weight is 262 g/mol. The van der Waals surface area contributed by atoms with Crippen molar-refractivity contribution >= 4 is 0 Å². The summed E-state index contributed by atoms with van der Waals surface area (Å²) in [6.07, 6.45) is 2.64. The molecule has 2 atom stereocenters. The first-order valence-corrected chi connectivity index (χ1v) is 7.40. The molecule has 1 saturated heterocycles. The molecule has 1 aliphatic rings. The highest BCUT2D eigenvalue weighted by Crippen LogP contribution is 2.25. The van der Waals surface area contributed by atoms with Crippen molar-refractivity contribution in [1.82, 2.24) is 4.90 Å². The molecule has 0 bridgehead atoms. The van der Waals surface area contributed by atoms with Crippen molar-refractivity contribution in [3.63, 3.8) is 0 Å². The van der Waals surface area contributed by atoms with Gasteiger partial charge in [0.1, 0.15) is 5.75 Å². The fourth-order valence-electron chi connectivity index (χ4n) is 2.90. The molecular weight excluding hydrogens is 236 g/mol. The molecule has 2 unspecified atom stereocenters. The van der Waals surface area contributed by atoms with Crippen molar-refractivity contribution < 1.29 is 4.74 Å². The van der Waals surface area contributed by atoms with Crippen molar-refractivity contribution in [1.29, 1.82) is 0 Å². The Hall–Kier alpha value is -1.06. The quantitative estimate of drug-likeness (QED) is 0.887. The van der Waals surface area contributed by atoms with E-state index in [-0.39, 0.29) is 6.04 Å². The molecule has 0 spiro atoms. The Labute approximate surface area is 116 Å². The second-order valence-corrected chi connectivity index (χ2v) is 5.58. The van der Waals surface area contributed by atoms with E-state index >= 15 is 0 Å². The lowest BCUT2D eigenvalue weighted by Crippen LogP contribution is -2.39. The Balaban J connectivity index is 2.00. The van der Waals surface area contributed by atoms with E-state index in [1.165, 1.54) is 25.9 Å². The van der Waals surface area contributed by atoms with Gasteiger partial charge in [-0.2, -0.15) is 0 Å². The minimum atomic E-state index is 0.0352. The number of likely N-dealkylation sites (tertiary alicyclic amines) is 1. The maximum absolute atomic E-state index is 6.38. The average Bonchev–Trinajstić information content (AvgIpc) is 2.39. The zero-order valence-electron chi connectivity index (χ0n) is 12.1. The molecule has 1 heterocycles. The van der Waals surface area contributed by atoms with Gasteiger partial charge in [-0.3, -0.25) is 0 Å². The van der Waals surface area contributed by atoms with Crippen LogP contribution in [0.1, 0.15) is 38.3 Å². The molecule has 2 rings (SSSR count). The zero-order valence-corrected chi connectivity index (χ0v) is 12.1. The van der Waals surface area contributed by atoms with Crippen LogP contribution in [0.25, 0.3) is 0 Å². The first-order chi connectivity index (χ1) is 9.20. The predicted octanol–water partition coefficient (Wildman–Crippen LogP) is 2.82. The Morgan fingerprint density at radius 2 is 2.21 bits per heavy atom. The standard InChI is InChI=1S/C16H26N2O/c1-3-19-16-9-5-4-8-14(16)15(17)12-18-10-6-7-13(2)11-18/h4-5,8-9,13,15H,3,6-7,10-12,17H2,1-2H3. The second kappa shape index (κ2) is 6.92. The molecule has 1 aromatic carbocycles. The Morgan fingerprint density at radius 1 is 1.42 bits per heavy atom. The molecule has 0 amide bonds. The van der Waals surface area contributed by atoms with Crippen molar-refractivity contribution in [2.24, 2.45) is 11.7 Å². The van der Waals surface area contributed by atoms with Crippen LogP contribution >= 0.6 is 0 Å². The summed E-state index contributed by atoms with van der Waals surface area (Å²) in [6.45, 7) is 8.29. The SMILES string of the molecule is CCOc1ccccc1C(N)CN1CCCC(C)C1. The summed E-state index contributed by atoms with van der Waals surface area (Å²) in [7, 11) is 0. The van der Waals surface area contributed by atoms with Crippen LogP contribution in [-0.4, -0.2) is 31.1 Å². The summed E-state index contributed by atoms with van der Waals surface area (Å²) in [5, 5.41) is 0. The number of nitrogens with zero attached hydrogens (tertiary/aromatic N) is 1. The van der Waals surface area contributed by atoms with Crippen LogP contribution in [0, 0.1) is 5.92 Å². The van der Waals surface area contributed by atoms with Gasteiger partial charge in [0, 0.05) is 24.7 Å². The number of nitrogens with two attached hydrogens (primary N) is 1. The van der Waals surface area contributed by atoms with Crippen LogP contribution in [0.15, 0.2) is 24.3 Å². The fourth-order valence-corrected chi connectivity index (χ4v) is 2.90. The number of hydrogen-bond donors (Lipinski definition) is 1. The number of benzene rings is 1. The van der Waals surface area contributed by atoms with Crippen molar-refractivity contribution in [3.8, 4) is 5.75 Å². The third kappa shape index (κ3) is 3.95. The van der Waals surface area contributed by atoms with Gasteiger partial charge in [-0.25, -0.2) is 0 Å². The lowest BCUT2D eigenvalue weighted by atomic mass is 9.98. The van der Waals surface area contributed by atoms with Crippen LogP contribution in [0.2, 0.25) is 0 Å². The Morgan fingerprint density at radius 3 is 2.95 bits per heavy atom. The molecule has 3 heteroatoms. The van der Waals surface area contributed by atoms with E-state index in [9.17, 15) is 0 Å². The third-order valence-electron chi connectivity index (χ3n) is 3.81. The first kappa shape index (κ1) is 14.4. The normalized spacial score (nSPS) is 22.2. The topological polar surface area (TPSA) is 38.5 Å². The van der Waals surface area contributed by atoms with Crippen molar-refractivity contribution in [2.45, 2.75) is 32.7 Å². The molecule has 106 valence electrons. The molecule has 1 aliphatic heterocycles. The van der Waals surface area contributed by atoms with Gasteiger partial charge in [-0.15, -0.1) is 0 Å². The monoisotopic (exact) mass is 262 g/mol. The van der Waals surface area contributed by atoms with Crippen LogP contribution < -0.4 is 10.5 Å². The van der Waals surface area contributed by atoms with Crippen LogP contribution in [-0.2, 0) is 0 Å². The number of piperidine rings is 1. The van der Waals surface area contributed by atoms with Crippen LogP contribution in [0.5, 0.6) is 5.75 Å². The van der Waals surface area contributed by atoms with Crippen LogP contribution in [0.4, 0.5) is 0 Å². The predicted molar refractivity (Wildman–Crippen MR) is 79.4 cm³/mol. The van der Waals surface area contributed by atoms with Gasteiger partial charge in [-0.05, 0) is 38.3 Å². The van der Waals surface area contributed by atoms with E-state index < -0.39 is 0 Å². The minimum absolute atomic E-state index is 0.0352. The summed E-state index contributed by atoms with van der Waals surface area (Å²) in [6, 6.07) is 8.18.